The quantitative estimate of drug-likeness (QED) is 0.781. The molecule has 1 aromatic carbocycles. The van der Waals surface area contributed by atoms with Gasteiger partial charge in [0, 0.05) is 10.6 Å². The molecular formula is C12H9Cl3O2. The van der Waals surface area contributed by atoms with E-state index in [1.165, 1.54) is 6.08 Å². The molecule has 2 atom stereocenters. The van der Waals surface area contributed by atoms with Crippen LogP contribution in [0.25, 0.3) is 5.57 Å². The van der Waals surface area contributed by atoms with Crippen LogP contribution in [0, 0.1) is 0 Å². The fraction of sp³-hybridized carbons (Fsp3) is 0.167. The van der Waals surface area contributed by atoms with E-state index in [2.05, 4.69) is 0 Å². The molecule has 2 rings (SSSR count). The van der Waals surface area contributed by atoms with Gasteiger partial charge in [-0.1, -0.05) is 65.1 Å². The molecule has 5 heteroatoms. The summed E-state index contributed by atoms with van der Waals surface area (Å²) in [4.78, 5) is 0. The van der Waals surface area contributed by atoms with Crippen molar-refractivity contribution in [3.8, 4) is 0 Å². The van der Waals surface area contributed by atoms with E-state index in [9.17, 15) is 10.2 Å². The predicted octanol–water partition coefficient (Wildman–Crippen LogP) is 3.06. The summed E-state index contributed by atoms with van der Waals surface area (Å²) in [7, 11) is 0. The van der Waals surface area contributed by atoms with Gasteiger partial charge in [-0.05, 0) is 11.6 Å². The van der Waals surface area contributed by atoms with Crippen LogP contribution in [-0.4, -0.2) is 21.4 Å². The van der Waals surface area contributed by atoms with E-state index in [-0.39, 0.29) is 10.1 Å². The smallest absolute Gasteiger partial charge is 0.190 e. The fourth-order valence-electron chi connectivity index (χ4n) is 1.64. The van der Waals surface area contributed by atoms with Gasteiger partial charge < -0.3 is 10.2 Å². The molecule has 1 aliphatic rings. The van der Waals surface area contributed by atoms with E-state index < -0.39 is 11.2 Å². The van der Waals surface area contributed by atoms with Gasteiger partial charge in [-0.25, -0.2) is 0 Å². The number of aliphatic hydroxyl groups excluding tert-OH is 1. The molecule has 17 heavy (non-hydrogen) atoms. The lowest BCUT2D eigenvalue weighted by atomic mass is 9.95. The Morgan fingerprint density at radius 1 is 1.12 bits per heavy atom. The average molecular weight is 292 g/mol. The molecule has 2 unspecified atom stereocenters. The van der Waals surface area contributed by atoms with E-state index in [0.717, 1.165) is 5.56 Å². The zero-order chi connectivity index (χ0) is 12.6. The monoisotopic (exact) mass is 290 g/mol. The van der Waals surface area contributed by atoms with Crippen molar-refractivity contribution in [1.82, 2.24) is 0 Å². The minimum Gasteiger partial charge on any atom is -0.383 e. The standard InChI is InChI=1S/C12H9Cl3O2/c13-8-6-12(15,17)11(16)10(14)9(8)7-4-2-1-3-5-7/h1-6,11,16-17H. The van der Waals surface area contributed by atoms with Crippen molar-refractivity contribution in [3.63, 3.8) is 0 Å². The fourth-order valence-corrected chi connectivity index (χ4v) is 2.77. The molecule has 0 fully saturated rings. The summed E-state index contributed by atoms with van der Waals surface area (Å²) in [6.07, 6.45) is -0.224. The second-order valence-electron chi connectivity index (χ2n) is 3.71. The first-order valence-corrected chi connectivity index (χ1v) is 6.00. The molecule has 0 heterocycles. The van der Waals surface area contributed by atoms with Gasteiger partial charge >= 0.3 is 0 Å². The summed E-state index contributed by atoms with van der Waals surface area (Å²) in [6, 6.07) is 9.11. The van der Waals surface area contributed by atoms with Crippen molar-refractivity contribution in [3.05, 3.63) is 52.0 Å². The van der Waals surface area contributed by atoms with Crippen LogP contribution < -0.4 is 0 Å². The summed E-state index contributed by atoms with van der Waals surface area (Å²) in [6.45, 7) is 0. The number of hydrogen-bond donors (Lipinski definition) is 2. The molecular weight excluding hydrogens is 282 g/mol. The first-order chi connectivity index (χ1) is 7.93. The molecule has 0 amide bonds. The van der Waals surface area contributed by atoms with Crippen LogP contribution in [0.15, 0.2) is 46.5 Å². The largest absolute Gasteiger partial charge is 0.383 e. The van der Waals surface area contributed by atoms with Crippen molar-refractivity contribution < 1.29 is 10.2 Å². The Kier molecular flexibility index (Phi) is 3.53. The third-order valence-corrected chi connectivity index (χ3v) is 3.50. The Bertz CT molecular complexity index is 492. The topological polar surface area (TPSA) is 40.5 Å². The third kappa shape index (κ3) is 2.37. The molecule has 1 aliphatic carbocycles. The predicted molar refractivity (Wildman–Crippen MR) is 70.0 cm³/mol. The first-order valence-electron chi connectivity index (χ1n) is 4.86. The highest BCUT2D eigenvalue weighted by Crippen LogP contribution is 2.42. The number of halogens is 3. The molecule has 2 N–H and O–H groups in total. The minimum absolute atomic E-state index is 0.0289. The van der Waals surface area contributed by atoms with Gasteiger partial charge in [0.2, 0.25) is 0 Å². The summed E-state index contributed by atoms with van der Waals surface area (Å²) in [5, 5.41) is 17.7. The van der Waals surface area contributed by atoms with E-state index in [0.29, 0.717) is 5.57 Å². The van der Waals surface area contributed by atoms with Crippen LogP contribution in [-0.2, 0) is 0 Å². The maximum atomic E-state index is 9.78. The van der Waals surface area contributed by atoms with Crippen LogP contribution >= 0.6 is 34.8 Å². The van der Waals surface area contributed by atoms with Crippen LogP contribution in [0.3, 0.4) is 0 Å². The van der Waals surface area contributed by atoms with Crippen molar-refractivity contribution in [1.29, 1.82) is 0 Å². The lowest BCUT2D eigenvalue weighted by molar-refractivity contribution is 0.0453. The molecule has 1 aromatic rings. The number of alkyl halides is 1. The van der Waals surface area contributed by atoms with Gasteiger partial charge in [-0.2, -0.15) is 0 Å². The highest BCUT2D eigenvalue weighted by Gasteiger charge is 2.39. The normalized spacial score (nSPS) is 29.2. The number of hydrogen-bond acceptors (Lipinski definition) is 2. The van der Waals surface area contributed by atoms with E-state index >= 15 is 0 Å². The zero-order valence-electron chi connectivity index (χ0n) is 8.57. The lowest BCUT2D eigenvalue weighted by Crippen LogP contribution is -2.37. The molecule has 0 aliphatic heterocycles. The van der Waals surface area contributed by atoms with Crippen molar-refractivity contribution in [2.45, 2.75) is 11.2 Å². The maximum Gasteiger partial charge on any atom is 0.190 e. The minimum atomic E-state index is -1.97. The molecule has 0 aromatic heterocycles. The van der Waals surface area contributed by atoms with Crippen molar-refractivity contribution in [2.24, 2.45) is 0 Å². The Morgan fingerprint density at radius 3 is 2.29 bits per heavy atom. The molecule has 2 nitrogen and oxygen atoms in total. The Hall–Kier alpha value is -0.510. The summed E-state index contributed by atoms with van der Waals surface area (Å²) >= 11 is 17.7. The van der Waals surface area contributed by atoms with E-state index in [1.54, 1.807) is 12.1 Å². The Labute approximate surface area is 114 Å². The highest BCUT2D eigenvalue weighted by atomic mass is 35.5. The molecule has 0 saturated heterocycles. The first kappa shape index (κ1) is 12.9. The van der Waals surface area contributed by atoms with Crippen LogP contribution in [0.1, 0.15) is 5.56 Å². The second kappa shape index (κ2) is 4.63. The SMILES string of the molecule is OC1C(Cl)=C(c2ccccc2)C(Cl)=CC1(O)Cl. The molecule has 0 radical (unpaired) electrons. The summed E-state index contributed by atoms with van der Waals surface area (Å²) in [5.41, 5.74) is 1.23. The van der Waals surface area contributed by atoms with Gasteiger partial charge in [-0.15, -0.1) is 0 Å². The van der Waals surface area contributed by atoms with Crippen molar-refractivity contribution >= 4 is 40.4 Å². The van der Waals surface area contributed by atoms with Crippen LogP contribution in [0.2, 0.25) is 0 Å². The summed E-state index contributed by atoms with van der Waals surface area (Å²) in [5.74, 6) is 0. The van der Waals surface area contributed by atoms with Gasteiger partial charge in [0.1, 0.15) is 6.10 Å². The molecule has 90 valence electrons. The van der Waals surface area contributed by atoms with Gasteiger partial charge in [0.25, 0.3) is 0 Å². The van der Waals surface area contributed by atoms with Gasteiger partial charge in [0.05, 0.1) is 5.03 Å². The molecule has 0 bridgehead atoms. The lowest BCUT2D eigenvalue weighted by Gasteiger charge is -2.29. The Balaban J connectivity index is 2.55. The number of allylic oxidation sites excluding steroid dienone is 2. The third-order valence-electron chi connectivity index (χ3n) is 2.49. The average Bonchev–Trinajstić information content (AvgIpc) is 2.27. The van der Waals surface area contributed by atoms with E-state index in [4.69, 9.17) is 34.8 Å². The molecule has 0 saturated carbocycles. The highest BCUT2D eigenvalue weighted by molar-refractivity contribution is 6.44. The number of rotatable bonds is 1. The van der Waals surface area contributed by atoms with Gasteiger partial charge in [-0.3, -0.25) is 0 Å². The summed E-state index contributed by atoms with van der Waals surface area (Å²) < 4.78 is 0. The number of aliphatic hydroxyl groups is 2. The van der Waals surface area contributed by atoms with Crippen LogP contribution in [0.4, 0.5) is 0 Å². The second-order valence-corrected chi connectivity index (χ2v) is 5.13. The van der Waals surface area contributed by atoms with Crippen molar-refractivity contribution in [2.75, 3.05) is 0 Å². The van der Waals surface area contributed by atoms with E-state index in [1.807, 2.05) is 18.2 Å². The molecule has 0 spiro atoms. The zero-order valence-corrected chi connectivity index (χ0v) is 10.8. The number of benzene rings is 1. The Morgan fingerprint density at radius 2 is 1.71 bits per heavy atom. The van der Waals surface area contributed by atoms with Crippen LogP contribution in [0.5, 0.6) is 0 Å². The van der Waals surface area contributed by atoms with Gasteiger partial charge in [0.15, 0.2) is 5.06 Å². The maximum absolute atomic E-state index is 9.78.